The highest BCUT2D eigenvalue weighted by molar-refractivity contribution is 5.90. The van der Waals surface area contributed by atoms with Crippen molar-refractivity contribution in [1.29, 1.82) is 0 Å². The van der Waals surface area contributed by atoms with Gasteiger partial charge < -0.3 is 14.6 Å². The van der Waals surface area contributed by atoms with Crippen LogP contribution in [0.15, 0.2) is 12.2 Å². The summed E-state index contributed by atoms with van der Waals surface area (Å²) in [6.07, 6.45) is 6.97. The third kappa shape index (κ3) is 12.7. The molecule has 0 aromatic rings. The largest absolute Gasteiger partial charge is 0.478 e. The number of ether oxygens (including phenoxy) is 2. The molecule has 5 nitrogen and oxygen atoms in total. The minimum Gasteiger partial charge on any atom is -0.478 e. The van der Waals surface area contributed by atoms with Gasteiger partial charge in [-0.05, 0) is 6.42 Å². The highest BCUT2D eigenvalue weighted by Crippen LogP contribution is 1.99. The molecule has 5 heteroatoms. The molecule has 0 rings (SSSR count). The maximum atomic E-state index is 10.9. The summed E-state index contributed by atoms with van der Waals surface area (Å²) in [7, 11) is 0. The molecule has 0 aromatic carbocycles. The van der Waals surface area contributed by atoms with E-state index in [1.165, 1.54) is 19.3 Å². The van der Waals surface area contributed by atoms with Crippen LogP contribution in [0.5, 0.6) is 0 Å². The summed E-state index contributed by atoms with van der Waals surface area (Å²) in [4.78, 5) is 21.1. The predicted octanol–water partition coefficient (Wildman–Crippen LogP) is 2.16. The van der Waals surface area contributed by atoms with E-state index >= 15 is 0 Å². The molecule has 1 N–H and O–H groups in total. The minimum atomic E-state index is -1.16. The van der Waals surface area contributed by atoms with Gasteiger partial charge in [0.2, 0.25) is 0 Å². The lowest BCUT2D eigenvalue weighted by Crippen LogP contribution is -2.06. The first-order chi connectivity index (χ1) is 8.66. The van der Waals surface area contributed by atoms with E-state index in [1.54, 1.807) is 0 Å². The van der Waals surface area contributed by atoms with E-state index in [0.29, 0.717) is 13.0 Å². The van der Waals surface area contributed by atoms with Crippen molar-refractivity contribution < 1.29 is 24.2 Å². The second-order valence-corrected chi connectivity index (χ2v) is 3.87. The Morgan fingerprint density at radius 3 is 2.39 bits per heavy atom. The number of carbonyl (C=O) groups excluding carboxylic acids is 1. The Morgan fingerprint density at radius 1 is 1.00 bits per heavy atom. The Balaban J connectivity index is 3.25. The summed E-state index contributed by atoms with van der Waals surface area (Å²) in [6, 6.07) is 0. The second kappa shape index (κ2) is 12.1. The lowest BCUT2D eigenvalue weighted by molar-refractivity contribution is -0.139. The van der Waals surface area contributed by atoms with E-state index in [2.05, 4.69) is 6.92 Å². The normalized spacial score (nSPS) is 10.7. The van der Waals surface area contributed by atoms with Crippen LogP contribution in [-0.4, -0.2) is 36.9 Å². The fourth-order valence-corrected chi connectivity index (χ4v) is 1.25. The summed E-state index contributed by atoms with van der Waals surface area (Å²) >= 11 is 0. The fraction of sp³-hybridized carbons (Fsp3) is 0.692. The van der Waals surface area contributed by atoms with Crippen molar-refractivity contribution in [1.82, 2.24) is 0 Å². The highest BCUT2D eigenvalue weighted by atomic mass is 16.5. The number of carboxylic acid groups (broad SMARTS) is 1. The van der Waals surface area contributed by atoms with Gasteiger partial charge in [-0.2, -0.15) is 0 Å². The average molecular weight is 258 g/mol. The van der Waals surface area contributed by atoms with Gasteiger partial charge in [0.25, 0.3) is 0 Å². The van der Waals surface area contributed by atoms with E-state index in [-0.39, 0.29) is 6.61 Å². The molecule has 0 heterocycles. The highest BCUT2D eigenvalue weighted by Gasteiger charge is 1.98. The third-order valence-electron chi connectivity index (χ3n) is 2.18. The van der Waals surface area contributed by atoms with Crippen LogP contribution < -0.4 is 0 Å². The molecule has 0 aromatic heterocycles. The van der Waals surface area contributed by atoms with Crippen LogP contribution in [-0.2, 0) is 19.1 Å². The molecule has 0 fully saturated rings. The van der Waals surface area contributed by atoms with Crippen molar-refractivity contribution in [2.75, 3.05) is 19.8 Å². The van der Waals surface area contributed by atoms with Crippen molar-refractivity contribution in [3.8, 4) is 0 Å². The smallest absolute Gasteiger partial charge is 0.331 e. The molecule has 0 saturated heterocycles. The molecule has 0 radical (unpaired) electrons. The van der Waals surface area contributed by atoms with Crippen molar-refractivity contribution in [2.24, 2.45) is 0 Å². The topological polar surface area (TPSA) is 72.8 Å². The number of unbranched alkanes of at least 4 members (excludes halogenated alkanes) is 3. The van der Waals surface area contributed by atoms with Crippen LogP contribution in [0.3, 0.4) is 0 Å². The summed E-state index contributed by atoms with van der Waals surface area (Å²) < 4.78 is 10.1. The third-order valence-corrected chi connectivity index (χ3v) is 2.18. The molecule has 18 heavy (non-hydrogen) atoms. The Morgan fingerprint density at radius 2 is 1.72 bits per heavy atom. The zero-order valence-electron chi connectivity index (χ0n) is 10.9. The SMILES string of the molecule is CCCCCCOCCCOC(=O)/C=C/C(=O)O. The molecule has 0 amide bonds. The average Bonchev–Trinajstić information content (AvgIpc) is 2.34. The number of aliphatic carboxylic acids is 1. The van der Waals surface area contributed by atoms with Crippen molar-refractivity contribution >= 4 is 11.9 Å². The lowest BCUT2D eigenvalue weighted by atomic mass is 10.2. The zero-order chi connectivity index (χ0) is 13.6. The predicted molar refractivity (Wildman–Crippen MR) is 67.3 cm³/mol. The Bertz CT molecular complexity index is 260. The number of esters is 1. The van der Waals surface area contributed by atoms with E-state index < -0.39 is 11.9 Å². The molecule has 0 aliphatic heterocycles. The van der Waals surface area contributed by atoms with Crippen LogP contribution in [0.1, 0.15) is 39.0 Å². The van der Waals surface area contributed by atoms with E-state index in [4.69, 9.17) is 14.6 Å². The maximum Gasteiger partial charge on any atom is 0.331 e. The van der Waals surface area contributed by atoms with Gasteiger partial charge >= 0.3 is 11.9 Å². The van der Waals surface area contributed by atoms with Gasteiger partial charge in [-0.15, -0.1) is 0 Å². The number of hydrogen-bond donors (Lipinski definition) is 1. The molecule has 0 spiro atoms. The quantitative estimate of drug-likeness (QED) is 0.349. The first-order valence-corrected chi connectivity index (χ1v) is 6.32. The van der Waals surface area contributed by atoms with Crippen LogP contribution in [0.2, 0.25) is 0 Å². The van der Waals surface area contributed by atoms with Crippen molar-refractivity contribution in [2.45, 2.75) is 39.0 Å². The van der Waals surface area contributed by atoms with Gasteiger partial charge in [0.15, 0.2) is 0 Å². The number of hydrogen-bond acceptors (Lipinski definition) is 4. The monoisotopic (exact) mass is 258 g/mol. The molecule has 0 aliphatic carbocycles. The van der Waals surface area contributed by atoms with Gasteiger partial charge in [-0.3, -0.25) is 0 Å². The lowest BCUT2D eigenvalue weighted by Gasteiger charge is -2.04. The van der Waals surface area contributed by atoms with Gasteiger partial charge in [0, 0.05) is 31.8 Å². The summed E-state index contributed by atoms with van der Waals surface area (Å²) in [6.45, 7) is 3.71. The van der Waals surface area contributed by atoms with E-state index in [9.17, 15) is 9.59 Å². The Kier molecular flexibility index (Phi) is 11.2. The standard InChI is InChI=1S/C13H22O5/c1-2-3-4-5-9-17-10-6-11-18-13(16)8-7-12(14)15/h7-8H,2-6,9-11H2,1H3,(H,14,15)/b8-7+. The van der Waals surface area contributed by atoms with Crippen LogP contribution in [0.4, 0.5) is 0 Å². The first kappa shape index (κ1) is 16.6. The molecule has 0 saturated carbocycles. The number of carboxylic acids is 1. The molecular weight excluding hydrogens is 236 g/mol. The first-order valence-electron chi connectivity index (χ1n) is 6.32. The number of rotatable bonds is 11. The fourth-order valence-electron chi connectivity index (χ4n) is 1.25. The van der Waals surface area contributed by atoms with Crippen LogP contribution in [0, 0.1) is 0 Å². The van der Waals surface area contributed by atoms with Crippen LogP contribution in [0.25, 0.3) is 0 Å². The summed E-state index contributed by atoms with van der Waals surface area (Å²) in [5.74, 6) is -1.80. The minimum absolute atomic E-state index is 0.248. The summed E-state index contributed by atoms with van der Waals surface area (Å²) in [5.41, 5.74) is 0. The molecule has 0 atom stereocenters. The Hall–Kier alpha value is -1.36. The van der Waals surface area contributed by atoms with E-state index in [0.717, 1.165) is 25.2 Å². The molecule has 0 unspecified atom stereocenters. The van der Waals surface area contributed by atoms with Crippen molar-refractivity contribution in [3.63, 3.8) is 0 Å². The number of carbonyl (C=O) groups is 2. The second-order valence-electron chi connectivity index (χ2n) is 3.87. The van der Waals surface area contributed by atoms with Crippen LogP contribution >= 0.6 is 0 Å². The molecule has 104 valence electrons. The van der Waals surface area contributed by atoms with Gasteiger partial charge in [-0.1, -0.05) is 26.2 Å². The maximum absolute atomic E-state index is 10.9. The van der Waals surface area contributed by atoms with Gasteiger partial charge in [-0.25, -0.2) is 9.59 Å². The molecular formula is C13H22O5. The summed E-state index contributed by atoms with van der Waals surface area (Å²) in [5, 5.41) is 8.28. The zero-order valence-corrected chi connectivity index (χ0v) is 10.9. The van der Waals surface area contributed by atoms with Gasteiger partial charge in [0.1, 0.15) is 0 Å². The Labute approximate surface area is 108 Å². The molecule has 0 aliphatic rings. The van der Waals surface area contributed by atoms with E-state index in [1.807, 2.05) is 0 Å². The van der Waals surface area contributed by atoms with Gasteiger partial charge in [0.05, 0.1) is 6.61 Å². The van der Waals surface area contributed by atoms with Crippen molar-refractivity contribution in [3.05, 3.63) is 12.2 Å². The molecule has 0 bridgehead atoms.